The van der Waals surface area contributed by atoms with Gasteiger partial charge in [-0.1, -0.05) is 12.8 Å². The zero-order valence-electron chi connectivity index (χ0n) is 11.4. The van der Waals surface area contributed by atoms with Crippen molar-refractivity contribution in [2.75, 3.05) is 32.0 Å². The fourth-order valence-corrected chi connectivity index (χ4v) is 2.58. The van der Waals surface area contributed by atoms with Crippen molar-refractivity contribution in [2.45, 2.75) is 31.7 Å². The molecule has 4 heteroatoms. The fraction of sp³-hybridized carbons (Fsp3) is 0.600. The Bertz CT molecular complexity index is 367. The number of aliphatic hydroxyl groups excluding tert-OH is 1. The molecule has 4 nitrogen and oxygen atoms in total. The van der Waals surface area contributed by atoms with E-state index in [2.05, 4.69) is 4.90 Å². The summed E-state index contributed by atoms with van der Waals surface area (Å²) in [4.78, 5) is 2.35. The zero-order valence-corrected chi connectivity index (χ0v) is 11.4. The number of nitrogens with two attached hydrogens (primary N) is 1. The van der Waals surface area contributed by atoms with E-state index in [-0.39, 0.29) is 6.61 Å². The first-order chi connectivity index (χ1) is 9.29. The minimum Gasteiger partial charge on any atom is -0.492 e. The lowest BCUT2D eigenvalue weighted by molar-refractivity contribution is 0.108. The Morgan fingerprint density at radius 2 is 2.00 bits per heavy atom. The predicted molar refractivity (Wildman–Crippen MR) is 77.3 cm³/mol. The van der Waals surface area contributed by atoms with E-state index in [1.54, 1.807) is 0 Å². The highest BCUT2D eigenvalue weighted by molar-refractivity contribution is 5.41. The van der Waals surface area contributed by atoms with E-state index < -0.39 is 0 Å². The van der Waals surface area contributed by atoms with Crippen LogP contribution in [0.3, 0.4) is 0 Å². The van der Waals surface area contributed by atoms with Crippen molar-refractivity contribution in [3.8, 4) is 5.75 Å². The van der Waals surface area contributed by atoms with Crippen LogP contribution in [0.5, 0.6) is 5.75 Å². The highest BCUT2D eigenvalue weighted by atomic mass is 16.5. The first-order valence-corrected chi connectivity index (χ1v) is 7.13. The molecule has 0 aliphatic carbocycles. The standard InChI is InChI=1S/C15H24N2O2/c16-13-5-7-15(8-6-13)19-11-10-17-9-3-1-2-4-14(17)12-18/h5-8,14,18H,1-4,9-12,16H2. The van der Waals surface area contributed by atoms with Gasteiger partial charge in [-0.05, 0) is 43.7 Å². The Morgan fingerprint density at radius 1 is 1.21 bits per heavy atom. The third kappa shape index (κ3) is 4.40. The van der Waals surface area contributed by atoms with E-state index in [0.29, 0.717) is 12.6 Å². The Labute approximate surface area is 115 Å². The number of rotatable bonds is 5. The van der Waals surface area contributed by atoms with Crippen molar-refractivity contribution >= 4 is 5.69 Å². The third-order valence-electron chi connectivity index (χ3n) is 3.74. The van der Waals surface area contributed by atoms with Crippen LogP contribution < -0.4 is 10.5 Å². The van der Waals surface area contributed by atoms with Gasteiger partial charge in [0.05, 0.1) is 6.61 Å². The summed E-state index contributed by atoms with van der Waals surface area (Å²) in [5.74, 6) is 0.851. The predicted octanol–water partition coefficient (Wildman–Crippen LogP) is 1.88. The number of nitrogens with zero attached hydrogens (tertiary/aromatic N) is 1. The normalized spacial score (nSPS) is 21.0. The SMILES string of the molecule is Nc1ccc(OCCN2CCCCCC2CO)cc1. The Morgan fingerprint density at radius 3 is 2.74 bits per heavy atom. The molecule has 0 bridgehead atoms. The van der Waals surface area contributed by atoms with Gasteiger partial charge in [0.2, 0.25) is 0 Å². The molecule has 1 fully saturated rings. The van der Waals surface area contributed by atoms with Gasteiger partial charge in [0.15, 0.2) is 0 Å². The first-order valence-electron chi connectivity index (χ1n) is 7.13. The van der Waals surface area contributed by atoms with Crippen molar-refractivity contribution < 1.29 is 9.84 Å². The second-order valence-corrected chi connectivity index (χ2v) is 5.14. The summed E-state index contributed by atoms with van der Waals surface area (Å²) < 4.78 is 5.72. The van der Waals surface area contributed by atoms with Gasteiger partial charge in [0.25, 0.3) is 0 Å². The lowest BCUT2D eigenvalue weighted by Crippen LogP contribution is -2.40. The number of hydrogen-bond acceptors (Lipinski definition) is 4. The maximum Gasteiger partial charge on any atom is 0.119 e. The van der Waals surface area contributed by atoms with Crippen LogP contribution in [0.15, 0.2) is 24.3 Å². The monoisotopic (exact) mass is 264 g/mol. The summed E-state index contributed by atoms with van der Waals surface area (Å²) in [5.41, 5.74) is 6.38. The number of ether oxygens (including phenoxy) is 1. The molecule has 0 saturated carbocycles. The van der Waals surface area contributed by atoms with Gasteiger partial charge in [0.1, 0.15) is 12.4 Å². The third-order valence-corrected chi connectivity index (χ3v) is 3.74. The summed E-state index contributed by atoms with van der Waals surface area (Å²) in [5, 5.41) is 9.44. The molecule has 19 heavy (non-hydrogen) atoms. The van der Waals surface area contributed by atoms with Gasteiger partial charge in [-0.3, -0.25) is 4.90 Å². The maximum absolute atomic E-state index is 9.44. The summed E-state index contributed by atoms with van der Waals surface area (Å²) >= 11 is 0. The number of benzene rings is 1. The molecule has 1 saturated heterocycles. The zero-order chi connectivity index (χ0) is 13.5. The second-order valence-electron chi connectivity index (χ2n) is 5.14. The van der Waals surface area contributed by atoms with Gasteiger partial charge < -0.3 is 15.6 Å². The van der Waals surface area contributed by atoms with Gasteiger partial charge in [0, 0.05) is 18.3 Å². The van der Waals surface area contributed by atoms with Crippen LogP contribution in [0.2, 0.25) is 0 Å². The van der Waals surface area contributed by atoms with Crippen LogP contribution in [0.25, 0.3) is 0 Å². The summed E-state index contributed by atoms with van der Waals surface area (Å²) in [6.07, 6.45) is 4.81. The van der Waals surface area contributed by atoms with Crippen molar-refractivity contribution in [3.63, 3.8) is 0 Å². The van der Waals surface area contributed by atoms with Gasteiger partial charge in [-0.2, -0.15) is 0 Å². The minimum absolute atomic E-state index is 0.252. The minimum atomic E-state index is 0.252. The van der Waals surface area contributed by atoms with Crippen molar-refractivity contribution in [1.29, 1.82) is 0 Å². The second kappa shape index (κ2) is 7.36. The van der Waals surface area contributed by atoms with E-state index in [4.69, 9.17) is 10.5 Å². The Kier molecular flexibility index (Phi) is 5.48. The largest absolute Gasteiger partial charge is 0.492 e. The van der Waals surface area contributed by atoms with Gasteiger partial charge in [-0.25, -0.2) is 0 Å². The van der Waals surface area contributed by atoms with E-state index in [0.717, 1.165) is 30.9 Å². The molecule has 1 atom stereocenters. The average molecular weight is 264 g/mol. The molecule has 0 aromatic heterocycles. The molecule has 1 aromatic rings. The molecule has 0 radical (unpaired) electrons. The molecule has 106 valence electrons. The quantitative estimate of drug-likeness (QED) is 0.797. The summed E-state index contributed by atoms with van der Waals surface area (Å²) in [6.45, 7) is 2.84. The Balaban J connectivity index is 1.78. The molecule has 0 spiro atoms. The van der Waals surface area contributed by atoms with E-state index in [1.165, 1.54) is 19.3 Å². The van der Waals surface area contributed by atoms with E-state index in [9.17, 15) is 5.11 Å². The van der Waals surface area contributed by atoms with E-state index in [1.807, 2.05) is 24.3 Å². The molecular weight excluding hydrogens is 240 g/mol. The van der Waals surface area contributed by atoms with Crippen molar-refractivity contribution in [1.82, 2.24) is 4.90 Å². The van der Waals surface area contributed by atoms with Crippen LogP contribution in [-0.4, -0.2) is 42.4 Å². The molecule has 1 aliphatic heterocycles. The summed E-state index contributed by atoms with van der Waals surface area (Å²) in [7, 11) is 0. The van der Waals surface area contributed by atoms with Gasteiger partial charge in [-0.15, -0.1) is 0 Å². The number of anilines is 1. The number of nitrogen functional groups attached to an aromatic ring is 1. The lowest BCUT2D eigenvalue weighted by Gasteiger charge is -2.28. The molecular formula is C15H24N2O2. The van der Waals surface area contributed by atoms with Crippen molar-refractivity contribution in [3.05, 3.63) is 24.3 Å². The lowest BCUT2D eigenvalue weighted by atomic mass is 10.1. The molecule has 1 aliphatic rings. The van der Waals surface area contributed by atoms with Gasteiger partial charge >= 0.3 is 0 Å². The smallest absolute Gasteiger partial charge is 0.119 e. The highest BCUT2D eigenvalue weighted by Crippen LogP contribution is 2.17. The Hall–Kier alpha value is -1.26. The molecule has 1 aromatic carbocycles. The number of hydrogen-bond donors (Lipinski definition) is 2. The molecule has 2 rings (SSSR count). The fourth-order valence-electron chi connectivity index (χ4n) is 2.58. The number of likely N-dealkylation sites (tertiary alicyclic amines) is 1. The van der Waals surface area contributed by atoms with E-state index >= 15 is 0 Å². The topological polar surface area (TPSA) is 58.7 Å². The first kappa shape index (κ1) is 14.2. The molecule has 1 heterocycles. The van der Waals surface area contributed by atoms with Crippen LogP contribution in [0.1, 0.15) is 25.7 Å². The number of aliphatic hydroxyl groups is 1. The van der Waals surface area contributed by atoms with Crippen LogP contribution in [0.4, 0.5) is 5.69 Å². The molecule has 0 amide bonds. The maximum atomic E-state index is 9.44. The van der Waals surface area contributed by atoms with Crippen LogP contribution in [0, 0.1) is 0 Å². The van der Waals surface area contributed by atoms with Crippen LogP contribution >= 0.6 is 0 Å². The average Bonchev–Trinajstić information content (AvgIpc) is 2.66. The van der Waals surface area contributed by atoms with Crippen LogP contribution in [-0.2, 0) is 0 Å². The highest BCUT2D eigenvalue weighted by Gasteiger charge is 2.19. The summed E-state index contributed by atoms with van der Waals surface area (Å²) in [6, 6.07) is 7.77. The molecule has 3 N–H and O–H groups in total. The molecule has 1 unspecified atom stereocenters. The van der Waals surface area contributed by atoms with Crippen molar-refractivity contribution in [2.24, 2.45) is 0 Å².